The molecule has 2 saturated heterocycles. The quantitative estimate of drug-likeness (QED) is 0.813. The van der Waals surface area contributed by atoms with Crippen LogP contribution in [0.4, 0.5) is 0 Å². The first-order valence-corrected chi connectivity index (χ1v) is 10.6. The number of likely N-dealkylation sites (tertiary alicyclic amines) is 1. The molecule has 2 aromatic rings. The van der Waals surface area contributed by atoms with E-state index in [1.54, 1.807) is 0 Å². The fourth-order valence-electron chi connectivity index (χ4n) is 4.55. The van der Waals surface area contributed by atoms with Gasteiger partial charge in [-0.05, 0) is 18.4 Å². The monoisotopic (exact) mass is 383 g/mol. The molecule has 0 unspecified atom stereocenters. The Morgan fingerprint density at radius 2 is 1.82 bits per heavy atom. The molecule has 3 heterocycles. The van der Waals surface area contributed by atoms with Crippen LogP contribution in [0.2, 0.25) is 0 Å². The molecule has 0 radical (unpaired) electrons. The van der Waals surface area contributed by atoms with Crippen molar-refractivity contribution < 1.29 is 5.11 Å². The lowest BCUT2D eigenvalue weighted by Gasteiger charge is -2.45. The Labute approximate surface area is 168 Å². The number of hydrogen-bond acceptors (Lipinski definition) is 5. The molecule has 4 rings (SSSR count). The molecule has 1 aromatic heterocycles. The minimum absolute atomic E-state index is 0.273. The minimum atomic E-state index is -0.273. The van der Waals surface area contributed by atoms with E-state index in [2.05, 4.69) is 54.6 Å². The summed E-state index contributed by atoms with van der Waals surface area (Å²) < 4.78 is 2.06. The number of aliphatic hydroxyl groups excluding tert-OH is 1. The standard InChI is InChI=1S/C22H33N5O/c1-24-12-9-23-22(24)18-26-11-8-20(21(28)17-26)27-15-13-25(14-16-27)10-7-19-5-3-2-4-6-19/h2-6,9,12,20-21,28H,7-8,10-11,13-18H2,1H3/t20-,21-/m0/s1. The molecule has 2 aliphatic heterocycles. The third-order valence-corrected chi connectivity index (χ3v) is 6.35. The third-order valence-electron chi connectivity index (χ3n) is 6.35. The van der Waals surface area contributed by atoms with Gasteiger partial charge in [0.1, 0.15) is 5.82 Å². The Hall–Kier alpha value is -1.73. The normalized spacial score (nSPS) is 25.2. The van der Waals surface area contributed by atoms with Crippen LogP contribution in [0.5, 0.6) is 0 Å². The molecule has 2 aliphatic rings. The average molecular weight is 384 g/mol. The minimum Gasteiger partial charge on any atom is -0.390 e. The number of nitrogens with zero attached hydrogens (tertiary/aromatic N) is 5. The van der Waals surface area contributed by atoms with E-state index < -0.39 is 0 Å². The van der Waals surface area contributed by atoms with Crippen molar-refractivity contribution in [3.05, 3.63) is 54.1 Å². The lowest BCUT2D eigenvalue weighted by molar-refractivity contribution is -0.0314. The molecule has 6 heteroatoms. The van der Waals surface area contributed by atoms with Gasteiger partial charge in [-0.15, -0.1) is 0 Å². The molecule has 6 nitrogen and oxygen atoms in total. The molecule has 0 amide bonds. The van der Waals surface area contributed by atoms with Gasteiger partial charge >= 0.3 is 0 Å². The van der Waals surface area contributed by atoms with Gasteiger partial charge < -0.3 is 14.6 Å². The molecular formula is C22H33N5O. The first-order valence-electron chi connectivity index (χ1n) is 10.6. The first-order chi connectivity index (χ1) is 13.7. The van der Waals surface area contributed by atoms with Crippen LogP contribution in [0.3, 0.4) is 0 Å². The highest BCUT2D eigenvalue weighted by Crippen LogP contribution is 2.20. The van der Waals surface area contributed by atoms with E-state index in [0.717, 1.165) is 71.0 Å². The van der Waals surface area contributed by atoms with Crippen LogP contribution in [0, 0.1) is 0 Å². The van der Waals surface area contributed by atoms with Crippen LogP contribution in [-0.4, -0.2) is 87.3 Å². The van der Waals surface area contributed by atoms with Crippen molar-refractivity contribution in [2.45, 2.75) is 31.5 Å². The summed E-state index contributed by atoms with van der Waals surface area (Å²) in [5, 5.41) is 10.8. The Morgan fingerprint density at radius 3 is 2.50 bits per heavy atom. The van der Waals surface area contributed by atoms with Gasteiger partial charge in [-0.3, -0.25) is 9.80 Å². The number of aromatic nitrogens is 2. The molecule has 0 aliphatic carbocycles. The van der Waals surface area contributed by atoms with E-state index in [4.69, 9.17) is 0 Å². The zero-order chi connectivity index (χ0) is 19.3. The summed E-state index contributed by atoms with van der Waals surface area (Å²) in [5.74, 6) is 1.07. The van der Waals surface area contributed by atoms with Crippen LogP contribution in [-0.2, 0) is 20.0 Å². The Morgan fingerprint density at radius 1 is 1.04 bits per heavy atom. The molecule has 1 aromatic carbocycles. The number of piperidine rings is 1. The second-order valence-corrected chi connectivity index (χ2v) is 8.23. The van der Waals surface area contributed by atoms with E-state index >= 15 is 0 Å². The van der Waals surface area contributed by atoms with Gasteiger partial charge in [0, 0.05) is 71.3 Å². The van der Waals surface area contributed by atoms with E-state index in [0.29, 0.717) is 6.04 Å². The Kier molecular flexibility index (Phi) is 6.42. The van der Waals surface area contributed by atoms with Crippen LogP contribution in [0.1, 0.15) is 17.8 Å². The van der Waals surface area contributed by atoms with Crippen LogP contribution < -0.4 is 0 Å². The number of piperazine rings is 1. The topological polar surface area (TPSA) is 47.8 Å². The number of benzene rings is 1. The molecule has 2 fully saturated rings. The number of rotatable bonds is 6. The molecular weight excluding hydrogens is 350 g/mol. The van der Waals surface area contributed by atoms with Gasteiger partial charge in [0.15, 0.2) is 0 Å². The van der Waals surface area contributed by atoms with Gasteiger partial charge in [-0.1, -0.05) is 30.3 Å². The van der Waals surface area contributed by atoms with Crippen molar-refractivity contribution in [2.75, 3.05) is 45.8 Å². The third kappa shape index (κ3) is 4.81. The summed E-state index contributed by atoms with van der Waals surface area (Å²) >= 11 is 0. The Balaban J connectivity index is 1.21. The average Bonchev–Trinajstić information content (AvgIpc) is 3.12. The van der Waals surface area contributed by atoms with Gasteiger partial charge in [0.2, 0.25) is 0 Å². The lowest BCUT2D eigenvalue weighted by Crippen LogP contribution is -2.58. The summed E-state index contributed by atoms with van der Waals surface area (Å²) in [6.07, 6.45) is 5.71. The maximum Gasteiger partial charge on any atom is 0.122 e. The van der Waals surface area contributed by atoms with Crippen molar-refractivity contribution in [3.8, 4) is 0 Å². The van der Waals surface area contributed by atoms with E-state index in [-0.39, 0.29) is 6.10 Å². The van der Waals surface area contributed by atoms with Crippen LogP contribution >= 0.6 is 0 Å². The number of aryl methyl sites for hydroxylation is 1. The zero-order valence-electron chi connectivity index (χ0n) is 17.0. The molecule has 152 valence electrons. The SMILES string of the molecule is Cn1ccnc1CN1CC[C@H](N2CCN(CCc3ccccc3)CC2)[C@@H](O)C1. The van der Waals surface area contributed by atoms with Gasteiger partial charge in [-0.25, -0.2) is 4.98 Å². The highest BCUT2D eigenvalue weighted by atomic mass is 16.3. The largest absolute Gasteiger partial charge is 0.390 e. The van der Waals surface area contributed by atoms with Crippen molar-refractivity contribution >= 4 is 0 Å². The first kappa shape index (κ1) is 19.6. The molecule has 28 heavy (non-hydrogen) atoms. The number of aliphatic hydroxyl groups is 1. The molecule has 1 N–H and O–H groups in total. The zero-order valence-corrected chi connectivity index (χ0v) is 17.0. The lowest BCUT2D eigenvalue weighted by atomic mass is 9.99. The summed E-state index contributed by atoms with van der Waals surface area (Å²) in [4.78, 5) is 11.8. The second kappa shape index (κ2) is 9.18. The van der Waals surface area contributed by atoms with Crippen molar-refractivity contribution in [2.24, 2.45) is 7.05 Å². The molecule has 2 atom stereocenters. The summed E-state index contributed by atoms with van der Waals surface area (Å²) in [5.41, 5.74) is 1.42. The fourth-order valence-corrected chi connectivity index (χ4v) is 4.55. The molecule has 0 spiro atoms. The van der Waals surface area contributed by atoms with Crippen LogP contribution in [0.25, 0.3) is 0 Å². The van der Waals surface area contributed by atoms with Crippen molar-refractivity contribution in [3.63, 3.8) is 0 Å². The van der Waals surface area contributed by atoms with Crippen molar-refractivity contribution in [1.29, 1.82) is 0 Å². The number of imidazole rings is 1. The highest BCUT2D eigenvalue weighted by Gasteiger charge is 2.33. The smallest absolute Gasteiger partial charge is 0.122 e. The highest BCUT2D eigenvalue weighted by molar-refractivity contribution is 5.14. The van der Waals surface area contributed by atoms with E-state index in [1.807, 2.05) is 19.4 Å². The van der Waals surface area contributed by atoms with Crippen LogP contribution in [0.15, 0.2) is 42.7 Å². The fraction of sp³-hybridized carbons (Fsp3) is 0.591. The number of hydrogen-bond donors (Lipinski definition) is 1. The predicted octanol–water partition coefficient (Wildman–Crippen LogP) is 1.22. The maximum absolute atomic E-state index is 10.8. The summed E-state index contributed by atoms with van der Waals surface area (Å²) in [6, 6.07) is 11.0. The van der Waals surface area contributed by atoms with E-state index in [1.165, 1.54) is 5.56 Å². The summed E-state index contributed by atoms with van der Waals surface area (Å²) in [6.45, 7) is 8.06. The maximum atomic E-state index is 10.8. The number of β-amino-alcohol motifs (C(OH)–C–C–N with tert-alkyl or cyclic N) is 1. The van der Waals surface area contributed by atoms with Gasteiger partial charge in [0.05, 0.1) is 12.6 Å². The van der Waals surface area contributed by atoms with Crippen molar-refractivity contribution in [1.82, 2.24) is 24.3 Å². The second-order valence-electron chi connectivity index (χ2n) is 8.23. The van der Waals surface area contributed by atoms with Gasteiger partial charge in [-0.2, -0.15) is 0 Å². The summed E-state index contributed by atoms with van der Waals surface area (Å²) in [7, 11) is 2.03. The predicted molar refractivity (Wildman–Crippen MR) is 111 cm³/mol. The van der Waals surface area contributed by atoms with Gasteiger partial charge in [0.25, 0.3) is 0 Å². The molecule has 0 saturated carbocycles. The van der Waals surface area contributed by atoms with E-state index in [9.17, 15) is 5.11 Å². The molecule has 0 bridgehead atoms. The Bertz CT molecular complexity index is 726.